The highest BCUT2D eigenvalue weighted by atomic mass is 15.2. The van der Waals surface area contributed by atoms with Crippen molar-refractivity contribution in [1.29, 1.82) is 0 Å². The molecular weight excluding hydrogens is 198 g/mol. The summed E-state index contributed by atoms with van der Waals surface area (Å²) < 4.78 is 0. The largest absolute Gasteiger partial charge is 0.306 e. The minimum Gasteiger partial charge on any atom is -0.306 e. The molecule has 1 fully saturated rings. The van der Waals surface area contributed by atoms with Gasteiger partial charge < -0.3 is 4.90 Å². The van der Waals surface area contributed by atoms with Gasteiger partial charge in [-0.1, -0.05) is 6.07 Å². The van der Waals surface area contributed by atoms with Crippen molar-refractivity contribution >= 4 is 0 Å². The van der Waals surface area contributed by atoms with Crippen LogP contribution in [-0.4, -0.2) is 42.0 Å². The Balaban J connectivity index is 2.01. The van der Waals surface area contributed by atoms with Crippen LogP contribution in [0, 0.1) is 0 Å². The summed E-state index contributed by atoms with van der Waals surface area (Å²) >= 11 is 0. The fourth-order valence-corrected chi connectivity index (χ4v) is 3.18. The summed E-state index contributed by atoms with van der Waals surface area (Å²) in [6.07, 6.45) is 4.37. The number of hydrogen-bond donors (Lipinski definition) is 0. The van der Waals surface area contributed by atoms with E-state index in [2.05, 4.69) is 41.0 Å². The number of nitrogens with zero attached hydrogens (tertiary/aromatic N) is 3. The summed E-state index contributed by atoms with van der Waals surface area (Å²) in [6.45, 7) is 3.42. The van der Waals surface area contributed by atoms with Crippen LogP contribution in [0.25, 0.3) is 0 Å². The topological polar surface area (TPSA) is 19.4 Å². The van der Waals surface area contributed by atoms with Crippen LogP contribution in [0.15, 0.2) is 18.3 Å². The number of likely N-dealkylation sites (tertiary alicyclic amines) is 1. The van der Waals surface area contributed by atoms with Gasteiger partial charge in [0.05, 0.1) is 11.2 Å². The second-order valence-electron chi connectivity index (χ2n) is 5.20. The normalized spacial score (nSPS) is 24.9. The number of hydrogen-bond acceptors (Lipinski definition) is 3. The lowest BCUT2D eigenvalue weighted by molar-refractivity contribution is 0.0549. The quantitative estimate of drug-likeness (QED) is 0.655. The van der Waals surface area contributed by atoms with E-state index in [1.165, 1.54) is 37.2 Å². The van der Waals surface area contributed by atoms with Crippen LogP contribution in [0.3, 0.4) is 0 Å². The maximum atomic E-state index is 4.65. The Morgan fingerprint density at radius 3 is 2.75 bits per heavy atom. The second-order valence-corrected chi connectivity index (χ2v) is 5.20. The number of fused-ring (bicyclic) bond motifs is 2. The summed E-state index contributed by atoms with van der Waals surface area (Å²) in [7, 11) is 4.45. The lowest BCUT2D eigenvalue weighted by Gasteiger charge is -2.42. The van der Waals surface area contributed by atoms with Crippen LogP contribution >= 0.6 is 0 Å². The molecule has 0 N–H and O–H groups in total. The summed E-state index contributed by atoms with van der Waals surface area (Å²) in [5, 5.41) is 0. The van der Waals surface area contributed by atoms with E-state index in [9.17, 15) is 0 Å². The molecule has 1 saturated heterocycles. The number of pyridine rings is 1. The van der Waals surface area contributed by atoms with E-state index in [1.54, 1.807) is 0 Å². The summed E-state index contributed by atoms with van der Waals surface area (Å²) in [6, 6.07) is 4.28. The van der Waals surface area contributed by atoms with Gasteiger partial charge in [-0.25, -0.2) is 0 Å². The van der Waals surface area contributed by atoms with E-state index in [0.29, 0.717) is 0 Å². The van der Waals surface area contributed by atoms with Crippen LogP contribution in [0.2, 0.25) is 0 Å². The average Bonchev–Trinajstić information content (AvgIpc) is 2.57. The van der Waals surface area contributed by atoms with Crippen LogP contribution in [0.5, 0.6) is 0 Å². The molecule has 86 valence electrons. The van der Waals surface area contributed by atoms with Crippen LogP contribution in [-0.2, 0) is 12.1 Å². The molecule has 0 aromatic carbocycles. The van der Waals surface area contributed by atoms with Crippen molar-refractivity contribution in [2.75, 3.05) is 27.2 Å². The highest BCUT2D eigenvalue weighted by molar-refractivity contribution is 5.32. The molecule has 3 nitrogen and oxygen atoms in total. The fourth-order valence-electron chi connectivity index (χ4n) is 3.18. The molecule has 3 heteroatoms. The molecule has 2 aliphatic heterocycles. The van der Waals surface area contributed by atoms with Crippen molar-refractivity contribution in [1.82, 2.24) is 14.8 Å². The van der Waals surface area contributed by atoms with Crippen molar-refractivity contribution in [3.8, 4) is 0 Å². The third-order valence-electron chi connectivity index (χ3n) is 4.28. The zero-order valence-electron chi connectivity index (χ0n) is 10.1. The fraction of sp³-hybridized carbons (Fsp3) is 0.615. The maximum absolute atomic E-state index is 4.65. The smallest absolute Gasteiger partial charge is 0.0661 e. The third kappa shape index (κ3) is 1.31. The van der Waals surface area contributed by atoms with Crippen molar-refractivity contribution in [3.05, 3.63) is 29.6 Å². The highest BCUT2D eigenvalue weighted by Gasteiger charge is 2.45. The molecule has 16 heavy (non-hydrogen) atoms. The molecule has 0 bridgehead atoms. The Hall–Kier alpha value is -0.930. The average molecular weight is 217 g/mol. The van der Waals surface area contributed by atoms with E-state index < -0.39 is 0 Å². The number of piperidine rings is 1. The van der Waals surface area contributed by atoms with Gasteiger partial charge in [0, 0.05) is 12.7 Å². The lowest BCUT2D eigenvalue weighted by atomic mass is 9.84. The number of aromatic nitrogens is 1. The van der Waals surface area contributed by atoms with Gasteiger partial charge in [0.2, 0.25) is 0 Å². The SMILES string of the molecule is CN1CCC2(CC1)c1ncccc1CN2C. The van der Waals surface area contributed by atoms with Crippen molar-refractivity contribution in [2.24, 2.45) is 0 Å². The van der Waals surface area contributed by atoms with Crippen LogP contribution in [0.4, 0.5) is 0 Å². The Morgan fingerprint density at radius 1 is 1.25 bits per heavy atom. The van der Waals surface area contributed by atoms with Gasteiger partial charge >= 0.3 is 0 Å². The Labute approximate surface area is 97.1 Å². The monoisotopic (exact) mass is 217 g/mol. The molecule has 2 aliphatic rings. The first-order valence-corrected chi connectivity index (χ1v) is 6.06. The van der Waals surface area contributed by atoms with Crippen molar-refractivity contribution in [3.63, 3.8) is 0 Å². The molecule has 1 aromatic heterocycles. The van der Waals surface area contributed by atoms with Gasteiger partial charge in [0.25, 0.3) is 0 Å². The molecule has 0 unspecified atom stereocenters. The second kappa shape index (κ2) is 3.54. The predicted molar refractivity (Wildman–Crippen MR) is 64.1 cm³/mol. The van der Waals surface area contributed by atoms with E-state index in [4.69, 9.17) is 0 Å². The van der Waals surface area contributed by atoms with Gasteiger partial charge in [0.15, 0.2) is 0 Å². The van der Waals surface area contributed by atoms with Gasteiger partial charge in [-0.3, -0.25) is 9.88 Å². The first-order chi connectivity index (χ1) is 7.72. The first-order valence-electron chi connectivity index (χ1n) is 6.06. The van der Waals surface area contributed by atoms with E-state index >= 15 is 0 Å². The van der Waals surface area contributed by atoms with Gasteiger partial charge in [0.1, 0.15) is 0 Å². The molecule has 1 spiro atoms. The minimum atomic E-state index is 0.225. The van der Waals surface area contributed by atoms with Crippen LogP contribution in [0.1, 0.15) is 24.1 Å². The van der Waals surface area contributed by atoms with Crippen molar-refractivity contribution < 1.29 is 0 Å². The van der Waals surface area contributed by atoms with E-state index in [-0.39, 0.29) is 5.54 Å². The summed E-state index contributed by atoms with van der Waals surface area (Å²) in [5.74, 6) is 0. The zero-order chi connectivity index (χ0) is 11.2. The summed E-state index contributed by atoms with van der Waals surface area (Å²) in [5.41, 5.74) is 2.99. The number of rotatable bonds is 0. The molecule has 3 rings (SSSR count). The van der Waals surface area contributed by atoms with Gasteiger partial charge in [-0.15, -0.1) is 0 Å². The van der Waals surface area contributed by atoms with Gasteiger partial charge in [-0.05, 0) is 51.7 Å². The molecule has 0 amide bonds. The molecule has 0 saturated carbocycles. The third-order valence-corrected chi connectivity index (χ3v) is 4.28. The summed E-state index contributed by atoms with van der Waals surface area (Å²) in [4.78, 5) is 9.57. The Bertz CT molecular complexity index is 394. The predicted octanol–water partition coefficient (Wildman–Crippen LogP) is 1.45. The molecule has 0 atom stereocenters. The zero-order valence-corrected chi connectivity index (χ0v) is 10.1. The first kappa shape index (κ1) is 10.2. The van der Waals surface area contributed by atoms with Crippen LogP contribution < -0.4 is 0 Å². The minimum absolute atomic E-state index is 0.225. The molecule has 3 heterocycles. The van der Waals surface area contributed by atoms with Gasteiger partial charge in [-0.2, -0.15) is 0 Å². The Kier molecular flexibility index (Phi) is 2.26. The van der Waals surface area contributed by atoms with Crippen molar-refractivity contribution in [2.45, 2.75) is 24.9 Å². The molecular formula is C13H19N3. The lowest BCUT2D eigenvalue weighted by Crippen LogP contribution is -2.47. The maximum Gasteiger partial charge on any atom is 0.0661 e. The van der Waals surface area contributed by atoms with E-state index in [1.807, 2.05) is 6.20 Å². The standard InChI is InChI=1S/C13H19N3/c1-15-8-5-13(6-9-15)12-11(10-16(13)2)4-3-7-14-12/h3-4,7H,5-6,8-10H2,1-2H3. The Morgan fingerprint density at radius 2 is 2.00 bits per heavy atom. The molecule has 0 aliphatic carbocycles. The molecule has 0 radical (unpaired) electrons. The molecule has 1 aromatic rings. The van der Waals surface area contributed by atoms with E-state index in [0.717, 1.165) is 6.54 Å². The highest BCUT2D eigenvalue weighted by Crippen LogP contribution is 2.43.